The summed E-state index contributed by atoms with van der Waals surface area (Å²) in [6, 6.07) is 11.3. The molecule has 2 aromatic rings. The molecule has 0 amide bonds. The molecule has 2 aromatic carbocycles. The Morgan fingerprint density at radius 2 is 1.89 bits per heavy atom. The van der Waals surface area contributed by atoms with Crippen LogP contribution in [0.1, 0.15) is 34.5 Å². The highest BCUT2D eigenvalue weighted by Crippen LogP contribution is 2.22. The fourth-order valence-corrected chi connectivity index (χ4v) is 2.46. The molecule has 7 nitrogen and oxygen atoms in total. The third-order valence-corrected chi connectivity index (χ3v) is 4.09. The second-order valence-electron chi connectivity index (χ2n) is 6.20. The van der Waals surface area contributed by atoms with Gasteiger partial charge in [-0.2, -0.15) is 0 Å². The van der Waals surface area contributed by atoms with Crippen molar-refractivity contribution in [3.63, 3.8) is 0 Å². The van der Waals surface area contributed by atoms with Crippen molar-refractivity contribution in [3.05, 3.63) is 59.2 Å². The smallest absolute Gasteiger partial charge is 0.337 e. The molecular formula is C20H25NO6. The Balaban J connectivity index is 1.80. The minimum Gasteiger partial charge on any atom is -0.508 e. The van der Waals surface area contributed by atoms with Gasteiger partial charge in [-0.05, 0) is 48.9 Å². The van der Waals surface area contributed by atoms with E-state index in [9.17, 15) is 20.1 Å². The molecule has 2 rings (SSSR count). The van der Waals surface area contributed by atoms with Gasteiger partial charge >= 0.3 is 5.97 Å². The number of rotatable bonds is 9. The lowest BCUT2D eigenvalue weighted by atomic mass is 10.1. The average Bonchev–Trinajstić information content (AvgIpc) is 2.70. The summed E-state index contributed by atoms with van der Waals surface area (Å²) in [7, 11) is 1.33. The van der Waals surface area contributed by atoms with Gasteiger partial charge in [0.05, 0.1) is 25.4 Å². The van der Waals surface area contributed by atoms with Crippen LogP contribution < -0.4 is 10.1 Å². The van der Waals surface area contributed by atoms with Crippen LogP contribution in [-0.4, -0.2) is 47.6 Å². The van der Waals surface area contributed by atoms with Gasteiger partial charge in [-0.1, -0.05) is 6.07 Å². The highest BCUT2D eigenvalue weighted by atomic mass is 16.5. The van der Waals surface area contributed by atoms with E-state index in [1.54, 1.807) is 36.4 Å². The van der Waals surface area contributed by atoms with Gasteiger partial charge in [0.25, 0.3) is 0 Å². The van der Waals surface area contributed by atoms with Crippen molar-refractivity contribution in [2.75, 3.05) is 20.3 Å². The van der Waals surface area contributed by atoms with Gasteiger partial charge in [0.1, 0.15) is 18.1 Å². The topological polar surface area (TPSA) is 108 Å². The van der Waals surface area contributed by atoms with Gasteiger partial charge in [0.2, 0.25) is 0 Å². The zero-order valence-corrected chi connectivity index (χ0v) is 15.4. The van der Waals surface area contributed by atoms with Crippen molar-refractivity contribution in [2.24, 2.45) is 0 Å². The minimum atomic E-state index is -0.780. The first-order valence-corrected chi connectivity index (χ1v) is 8.60. The van der Waals surface area contributed by atoms with Gasteiger partial charge in [-0.25, -0.2) is 4.79 Å². The van der Waals surface area contributed by atoms with Gasteiger partial charge in [-0.15, -0.1) is 0 Å². The molecule has 4 N–H and O–H groups in total. The molecule has 0 heterocycles. The summed E-state index contributed by atoms with van der Waals surface area (Å²) in [6.45, 7) is 2.30. The third kappa shape index (κ3) is 5.96. The summed E-state index contributed by atoms with van der Waals surface area (Å²) in [5, 5.41) is 32.2. The number of hydrogen-bond acceptors (Lipinski definition) is 7. The molecule has 0 aliphatic heterocycles. The Hall–Kier alpha value is -2.61. The van der Waals surface area contributed by atoms with Gasteiger partial charge in [0, 0.05) is 18.2 Å². The number of carbonyl (C=O) groups is 1. The van der Waals surface area contributed by atoms with E-state index in [1.807, 2.05) is 6.92 Å². The van der Waals surface area contributed by atoms with Crippen LogP contribution in [0, 0.1) is 0 Å². The Morgan fingerprint density at radius 3 is 2.52 bits per heavy atom. The van der Waals surface area contributed by atoms with Crippen LogP contribution in [0.2, 0.25) is 0 Å². The van der Waals surface area contributed by atoms with Crippen molar-refractivity contribution in [2.45, 2.75) is 25.7 Å². The number of benzene rings is 2. The number of esters is 1. The van der Waals surface area contributed by atoms with E-state index in [1.165, 1.54) is 13.2 Å². The number of hydrogen-bond donors (Lipinski definition) is 4. The second kappa shape index (κ2) is 9.91. The number of phenols is 1. The largest absolute Gasteiger partial charge is 0.508 e. The molecule has 27 heavy (non-hydrogen) atoms. The van der Waals surface area contributed by atoms with Gasteiger partial charge in [0.15, 0.2) is 0 Å². The Labute approximate surface area is 158 Å². The van der Waals surface area contributed by atoms with Crippen LogP contribution >= 0.6 is 0 Å². The number of nitrogens with one attached hydrogen (secondary N) is 1. The zero-order chi connectivity index (χ0) is 19.8. The van der Waals surface area contributed by atoms with Crippen LogP contribution in [0.25, 0.3) is 0 Å². The van der Waals surface area contributed by atoms with E-state index in [4.69, 9.17) is 4.74 Å². The fourth-order valence-electron chi connectivity index (χ4n) is 2.46. The molecule has 0 aliphatic carbocycles. The molecule has 0 aliphatic rings. The van der Waals surface area contributed by atoms with E-state index in [2.05, 4.69) is 10.1 Å². The zero-order valence-electron chi connectivity index (χ0n) is 15.4. The molecule has 2 atom stereocenters. The Kier molecular flexibility index (Phi) is 7.60. The number of aromatic hydroxyl groups is 1. The van der Waals surface area contributed by atoms with Crippen molar-refractivity contribution < 1.29 is 29.6 Å². The highest BCUT2D eigenvalue weighted by Gasteiger charge is 2.12. The lowest BCUT2D eigenvalue weighted by Gasteiger charge is -2.18. The van der Waals surface area contributed by atoms with Crippen molar-refractivity contribution in [1.29, 1.82) is 0 Å². The van der Waals surface area contributed by atoms with Crippen molar-refractivity contribution in [1.82, 2.24) is 5.32 Å². The Bertz CT molecular complexity index is 747. The van der Waals surface area contributed by atoms with E-state index < -0.39 is 12.1 Å². The van der Waals surface area contributed by atoms with E-state index in [0.29, 0.717) is 35.6 Å². The molecule has 0 saturated heterocycles. The first kappa shape index (κ1) is 20.7. The van der Waals surface area contributed by atoms with Crippen LogP contribution in [0.3, 0.4) is 0 Å². The van der Waals surface area contributed by atoms with E-state index >= 15 is 0 Å². The van der Waals surface area contributed by atoms with E-state index in [-0.39, 0.29) is 18.4 Å². The van der Waals surface area contributed by atoms with Crippen LogP contribution in [0.4, 0.5) is 0 Å². The Morgan fingerprint density at radius 1 is 1.19 bits per heavy atom. The predicted octanol–water partition coefficient (Wildman–Crippen LogP) is 1.76. The van der Waals surface area contributed by atoms with Crippen molar-refractivity contribution in [3.8, 4) is 11.5 Å². The second-order valence-corrected chi connectivity index (χ2v) is 6.20. The van der Waals surface area contributed by atoms with Crippen LogP contribution in [-0.2, 0) is 11.3 Å². The summed E-state index contributed by atoms with van der Waals surface area (Å²) in [5.41, 5.74) is 1.43. The summed E-state index contributed by atoms with van der Waals surface area (Å²) < 4.78 is 10.3. The minimum absolute atomic E-state index is 0.00129. The summed E-state index contributed by atoms with van der Waals surface area (Å²) >= 11 is 0. The molecule has 0 saturated carbocycles. The van der Waals surface area contributed by atoms with Crippen molar-refractivity contribution >= 4 is 5.97 Å². The number of aliphatic hydroxyl groups excluding tert-OH is 2. The molecule has 0 radical (unpaired) electrons. The maximum Gasteiger partial charge on any atom is 0.337 e. The normalized spacial score (nSPS) is 13.0. The molecule has 0 spiro atoms. The maximum absolute atomic E-state index is 11.4. The molecule has 0 bridgehead atoms. The number of aliphatic hydroxyl groups is 2. The molecular weight excluding hydrogens is 350 g/mol. The average molecular weight is 375 g/mol. The quantitative estimate of drug-likeness (QED) is 0.495. The van der Waals surface area contributed by atoms with E-state index in [0.717, 1.165) is 0 Å². The van der Waals surface area contributed by atoms with Crippen LogP contribution in [0.15, 0.2) is 42.5 Å². The molecule has 7 heteroatoms. The fraction of sp³-hybridized carbons (Fsp3) is 0.350. The maximum atomic E-state index is 11.4. The number of carbonyl (C=O) groups excluding carboxylic acids is 1. The first-order valence-electron chi connectivity index (χ1n) is 8.60. The lowest BCUT2D eigenvalue weighted by Crippen LogP contribution is -2.34. The predicted molar refractivity (Wildman–Crippen MR) is 99.7 cm³/mol. The third-order valence-electron chi connectivity index (χ3n) is 4.09. The molecule has 146 valence electrons. The highest BCUT2D eigenvalue weighted by molar-refractivity contribution is 5.89. The van der Waals surface area contributed by atoms with Gasteiger partial charge < -0.3 is 30.1 Å². The monoisotopic (exact) mass is 375 g/mol. The molecule has 0 aromatic heterocycles. The molecule has 2 unspecified atom stereocenters. The van der Waals surface area contributed by atoms with Gasteiger partial charge in [-0.3, -0.25) is 0 Å². The van der Waals surface area contributed by atoms with Crippen LogP contribution in [0.5, 0.6) is 11.5 Å². The standard InChI is InChI=1S/C20H25NO6/c1-13(12-27-17-6-3-14(4-7-17)20(25)26-2)21-10-19(24)15-5-8-18(23)16(9-15)11-22/h3-9,13,19,21-24H,10-12H2,1-2H3. The molecule has 0 fully saturated rings. The summed E-state index contributed by atoms with van der Waals surface area (Å²) in [5.74, 6) is 0.230. The first-order chi connectivity index (χ1) is 12.9. The lowest BCUT2D eigenvalue weighted by molar-refractivity contribution is 0.0600. The number of methoxy groups -OCH3 is 1. The number of ether oxygens (including phenoxy) is 2. The SMILES string of the molecule is COC(=O)c1ccc(OCC(C)NCC(O)c2ccc(O)c(CO)c2)cc1. The summed E-state index contributed by atoms with van der Waals surface area (Å²) in [6.07, 6.45) is -0.780. The summed E-state index contributed by atoms with van der Waals surface area (Å²) in [4.78, 5) is 11.4.